The van der Waals surface area contributed by atoms with Gasteiger partial charge in [0, 0.05) is 28.7 Å². The van der Waals surface area contributed by atoms with Crippen LogP contribution in [0.5, 0.6) is 0 Å². The van der Waals surface area contributed by atoms with Gasteiger partial charge in [-0.25, -0.2) is 0 Å². The Morgan fingerprint density at radius 2 is 2.20 bits per heavy atom. The Bertz CT molecular complexity index is 487. The van der Waals surface area contributed by atoms with E-state index in [0.29, 0.717) is 16.9 Å². The van der Waals surface area contributed by atoms with E-state index < -0.39 is 0 Å². The maximum atomic E-state index is 6.02. The van der Waals surface area contributed by atoms with E-state index in [-0.39, 0.29) is 0 Å². The number of hydrogen-bond donors (Lipinski definition) is 1. The van der Waals surface area contributed by atoms with Gasteiger partial charge in [0.2, 0.25) is 0 Å². The van der Waals surface area contributed by atoms with Gasteiger partial charge < -0.3 is 10.6 Å². The van der Waals surface area contributed by atoms with Crippen molar-refractivity contribution in [2.75, 3.05) is 17.2 Å². The molecule has 0 radical (unpaired) electrons. The molecule has 2 rings (SSSR count). The molecule has 2 N–H and O–H groups in total. The minimum absolute atomic E-state index is 0.516. The Hall–Kier alpha value is -0.740. The van der Waals surface area contributed by atoms with E-state index in [1.54, 1.807) is 0 Å². The van der Waals surface area contributed by atoms with E-state index in [9.17, 15) is 0 Å². The molecule has 2 nitrogen and oxygen atoms in total. The second kappa shape index (κ2) is 6.81. The molecular formula is C16H24N2S2. The summed E-state index contributed by atoms with van der Waals surface area (Å²) >= 11 is 7.14. The van der Waals surface area contributed by atoms with Gasteiger partial charge in [-0.05, 0) is 43.6 Å². The third-order valence-electron chi connectivity index (χ3n) is 4.23. The zero-order valence-electron chi connectivity index (χ0n) is 12.6. The molecular weight excluding hydrogens is 284 g/mol. The summed E-state index contributed by atoms with van der Waals surface area (Å²) in [5.74, 6) is 1.75. The number of hydrogen-bond acceptors (Lipinski definition) is 3. The summed E-state index contributed by atoms with van der Waals surface area (Å²) in [5, 5.41) is 0. The van der Waals surface area contributed by atoms with Crippen molar-refractivity contribution in [1.82, 2.24) is 0 Å². The Labute approximate surface area is 132 Å². The minimum atomic E-state index is 0.516. The third-order valence-corrected chi connectivity index (χ3v) is 5.38. The zero-order valence-corrected chi connectivity index (χ0v) is 14.2. The van der Waals surface area contributed by atoms with Gasteiger partial charge in [-0.15, -0.1) is 11.8 Å². The van der Waals surface area contributed by atoms with Crippen molar-refractivity contribution < 1.29 is 0 Å². The van der Waals surface area contributed by atoms with Crippen LogP contribution in [-0.2, 0) is 0 Å². The number of piperidine rings is 1. The van der Waals surface area contributed by atoms with Gasteiger partial charge in [0.1, 0.15) is 4.99 Å². The molecule has 0 spiro atoms. The topological polar surface area (TPSA) is 29.3 Å². The number of anilines is 1. The van der Waals surface area contributed by atoms with Crippen LogP contribution in [0.1, 0.15) is 39.2 Å². The molecule has 0 amide bonds. The lowest BCUT2D eigenvalue weighted by Crippen LogP contribution is -2.43. The van der Waals surface area contributed by atoms with E-state index in [0.717, 1.165) is 17.9 Å². The van der Waals surface area contributed by atoms with Crippen molar-refractivity contribution in [2.24, 2.45) is 11.7 Å². The first-order chi connectivity index (χ1) is 9.56. The highest BCUT2D eigenvalue weighted by atomic mass is 32.2. The number of nitrogens with two attached hydrogens (primary N) is 1. The van der Waals surface area contributed by atoms with Crippen molar-refractivity contribution in [2.45, 2.75) is 44.6 Å². The van der Waals surface area contributed by atoms with Crippen molar-refractivity contribution in [1.29, 1.82) is 0 Å². The molecule has 110 valence electrons. The number of rotatable bonds is 4. The molecule has 1 saturated heterocycles. The van der Waals surface area contributed by atoms with Crippen molar-refractivity contribution in [3.63, 3.8) is 0 Å². The minimum Gasteiger partial charge on any atom is -0.389 e. The first kappa shape index (κ1) is 15.6. The van der Waals surface area contributed by atoms with Crippen molar-refractivity contribution >= 4 is 34.7 Å². The highest BCUT2D eigenvalue weighted by Crippen LogP contribution is 2.35. The molecule has 2 unspecified atom stereocenters. The number of nitrogens with zero attached hydrogens (tertiary/aromatic N) is 1. The monoisotopic (exact) mass is 308 g/mol. The molecule has 1 aliphatic rings. The smallest absolute Gasteiger partial charge is 0.107 e. The molecule has 20 heavy (non-hydrogen) atoms. The van der Waals surface area contributed by atoms with Crippen LogP contribution in [0.4, 0.5) is 5.69 Å². The first-order valence-electron chi connectivity index (χ1n) is 7.38. The van der Waals surface area contributed by atoms with E-state index in [4.69, 9.17) is 18.0 Å². The van der Waals surface area contributed by atoms with Crippen LogP contribution >= 0.6 is 24.0 Å². The van der Waals surface area contributed by atoms with Gasteiger partial charge in [-0.1, -0.05) is 32.1 Å². The van der Waals surface area contributed by atoms with Crippen LogP contribution in [0.25, 0.3) is 0 Å². The number of thioether (sulfide) groups is 1. The fourth-order valence-corrected chi connectivity index (χ4v) is 4.08. The van der Waals surface area contributed by atoms with Gasteiger partial charge >= 0.3 is 0 Å². The molecule has 1 heterocycles. The third kappa shape index (κ3) is 3.12. The summed E-state index contributed by atoms with van der Waals surface area (Å²) in [6, 6.07) is 6.97. The van der Waals surface area contributed by atoms with Gasteiger partial charge in [-0.2, -0.15) is 0 Å². The summed E-state index contributed by atoms with van der Waals surface area (Å²) < 4.78 is 0. The first-order valence-corrected chi connectivity index (χ1v) is 8.77. The lowest BCUT2D eigenvalue weighted by Gasteiger charge is -2.40. The van der Waals surface area contributed by atoms with Crippen LogP contribution < -0.4 is 10.6 Å². The maximum Gasteiger partial charge on any atom is 0.107 e. The van der Waals surface area contributed by atoms with E-state index >= 15 is 0 Å². The Balaban J connectivity index is 2.44. The molecule has 1 aromatic rings. The second-order valence-corrected chi connectivity index (χ2v) is 7.25. The molecule has 2 atom stereocenters. The largest absolute Gasteiger partial charge is 0.389 e. The van der Waals surface area contributed by atoms with Crippen LogP contribution in [0.2, 0.25) is 0 Å². The summed E-state index contributed by atoms with van der Waals surface area (Å²) in [5.41, 5.74) is 8.31. The van der Waals surface area contributed by atoms with E-state index in [1.165, 1.54) is 23.4 Å². The lowest BCUT2D eigenvalue weighted by atomic mass is 9.91. The highest BCUT2D eigenvalue weighted by Gasteiger charge is 2.27. The molecule has 1 aliphatic heterocycles. The summed E-state index contributed by atoms with van der Waals surface area (Å²) in [6.45, 7) is 7.91. The van der Waals surface area contributed by atoms with Crippen LogP contribution in [-0.4, -0.2) is 23.3 Å². The van der Waals surface area contributed by atoms with Crippen molar-refractivity contribution in [3.05, 3.63) is 23.8 Å². The Morgan fingerprint density at radius 1 is 1.45 bits per heavy atom. The van der Waals surface area contributed by atoms with Crippen LogP contribution in [0.15, 0.2) is 23.1 Å². The fraction of sp³-hybridized carbons (Fsp3) is 0.562. The predicted octanol–water partition coefficient (Wildman–Crippen LogP) is 4.06. The quantitative estimate of drug-likeness (QED) is 0.671. The average Bonchev–Trinajstić information content (AvgIpc) is 2.42. The molecule has 0 saturated carbocycles. The molecule has 4 heteroatoms. The maximum absolute atomic E-state index is 6.02. The van der Waals surface area contributed by atoms with E-state index in [1.807, 2.05) is 11.8 Å². The molecule has 0 aliphatic carbocycles. The molecule has 1 fully saturated rings. The standard InChI is InChI=1S/C16H24N2S2/c1-4-20-14-9-5-8-13(15(14)16(17)19)18-10-6-7-11(2)12(18)3/h5,8-9,11-12H,4,6-7,10H2,1-3H3,(H2,17,19). The Kier molecular flexibility index (Phi) is 5.33. The molecule has 0 bridgehead atoms. The SMILES string of the molecule is CCSc1cccc(N2CCCC(C)C2C)c1C(N)=S. The van der Waals surface area contributed by atoms with Gasteiger partial charge in [0.15, 0.2) is 0 Å². The molecule has 1 aromatic carbocycles. The predicted molar refractivity (Wildman–Crippen MR) is 93.9 cm³/mol. The Morgan fingerprint density at radius 3 is 2.85 bits per heavy atom. The highest BCUT2D eigenvalue weighted by molar-refractivity contribution is 7.99. The average molecular weight is 309 g/mol. The van der Waals surface area contributed by atoms with Crippen LogP contribution in [0.3, 0.4) is 0 Å². The van der Waals surface area contributed by atoms with Crippen molar-refractivity contribution in [3.8, 4) is 0 Å². The van der Waals surface area contributed by atoms with Gasteiger partial charge in [0.05, 0.1) is 0 Å². The zero-order chi connectivity index (χ0) is 14.7. The van der Waals surface area contributed by atoms with Crippen LogP contribution in [0, 0.1) is 5.92 Å². The summed E-state index contributed by atoms with van der Waals surface area (Å²) in [4.78, 5) is 4.22. The summed E-state index contributed by atoms with van der Waals surface area (Å²) in [7, 11) is 0. The second-order valence-electron chi connectivity index (χ2n) is 5.50. The lowest BCUT2D eigenvalue weighted by molar-refractivity contribution is 0.363. The van der Waals surface area contributed by atoms with Gasteiger partial charge in [0.25, 0.3) is 0 Å². The fourth-order valence-electron chi connectivity index (χ4n) is 2.96. The normalized spacial score (nSPS) is 22.9. The van der Waals surface area contributed by atoms with E-state index in [2.05, 4.69) is 43.9 Å². The number of thiocarbonyl (C=S) groups is 1. The van der Waals surface area contributed by atoms with Gasteiger partial charge in [-0.3, -0.25) is 0 Å². The molecule has 0 aromatic heterocycles. The summed E-state index contributed by atoms with van der Waals surface area (Å²) in [6.07, 6.45) is 2.55. The number of benzene rings is 1.